The fourth-order valence-corrected chi connectivity index (χ4v) is 1.67. The first-order valence-corrected chi connectivity index (χ1v) is 5.85. The van der Waals surface area contributed by atoms with Crippen LogP contribution in [0.2, 0.25) is 0 Å². The molecule has 0 atom stereocenters. The van der Waals surface area contributed by atoms with Gasteiger partial charge in [-0.1, -0.05) is 30.4 Å². The SMILES string of the molecule is CC(C(=S)N(C)C)=C(O)c1ccccc1C(F)(F)F. The van der Waals surface area contributed by atoms with E-state index in [0.29, 0.717) is 0 Å². The summed E-state index contributed by atoms with van der Waals surface area (Å²) in [7, 11) is 3.32. The van der Waals surface area contributed by atoms with E-state index in [1.165, 1.54) is 25.1 Å². The zero-order chi connectivity index (χ0) is 14.8. The zero-order valence-corrected chi connectivity index (χ0v) is 11.6. The fourth-order valence-electron chi connectivity index (χ4n) is 1.58. The van der Waals surface area contributed by atoms with E-state index in [1.807, 2.05) is 0 Å². The summed E-state index contributed by atoms with van der Waals surface area (Å²) in [4.78, 5) is 1.84. The topological polar surface area (TPSA) is 23.5 Å². The smallest absolute Gasteiger partial charge is 0.417 e. The van der Waals surface area contributed by atoms with E-state index in [0.717, 1.165) is 6.07 Å². The largest absolute Gasteiger partial charge is 0.507 e. The van der Waals surface area contributed by atoms with Gasteiger partial charge in [-0.3, -0.25) is 0 Å². The minimum absolute atomic E-state index is 0.233. The summed E-state index contributed by atoms with van der Waals surface area (Å²) in [6.45, 7) is 1.49. The number of rotatable bonds is 2. The number of halogens is 3. The lowest BCUT2D eigenvalue weighted by atomic mass is 10.0. The quantitative estimate of drug-likeness (QED) is 0.508. The normalized spacial score (nSPS) is 12.9. The molecule has 0 saturated heterocycles. The lowest BCUT2D eigenvalue weighted by Crippen LogP contribution is -2.21. The van der Waals surface area contributed by atoms with Crippen molar-refractivity contribution in [2.75, 3.05) is 14.1 Å². The lowest BCUT2D eigenvalue weighted by Gasteiger charge is -2.17. The Kier molecular flexibility index (Phi) is 4.57. The van der Waals surface area contributed by atoms with Crippen molar-refractivity contribution in [1.82, 2.24) is 4.90 Å². The van der Waals surface area contributed by atoms with Gasteiger partial charge in [0.25, 0.3) is 0 Å². The second kappa shape index (κ2) is 5.61. The van der Waals surface area contributed by atoms with Crippen LogP contribution in [0.4, 0.5) is 13.2 Å². The average Bonchev–Trinajstić information content (AvgIpc) is 2.35. The molecule has 0 unspecified atom stereocenters. The van der Waals surface area contributed by atoms with Crippen LogP contribution in [0.5, 0.6) is 0 Å². The third-order valence-electron chi connectivity index (χ3n) is 2.57. The molecular formula is C13H14F3NOS. The third kappa shape index (κ3) is 3.47. The van der Waals surface area contributed by atoms with Crippen LogP contribution in [0.1, 0.15) is 18.1 Å². The molecule has 0 aliphatic carbocycles. The van der Waals surface area contributed by atoms with E-state index in [1.54, 1.807) is 19.0 Å². The Labute approximate surface area is 115 Å². The van der Waals surface area contributed by atoms with Crippen molar-refractivity contribution in [1.29, 1.82) is 0 Å². The van der Waals surface area contributed by atoms with Crippen LogP contribution >= 0.6 is 12.2 Å². The molecule has 2 nitrogen and oxygen atoms in total. The van der Waals surface area contributed by atoms with Gasteiger partial charge in [-0.05, 0) is 13.0 Å². The van der Waals surface area contributed by atoms with Crippen molar-refractivity contribution < 1.29 is 18.3 Å². The summed E-state index contributed by atoms with van der Waals surface area (Å²) in [5.41, 5.74) is -0.915. The summed E-state index contributed by atoms with van der Waals surface area (Å²) in [5.74, 6) is -0.452. The Morgan fingerprint density at radius 2 is 1.74 bits per heavy atom. The van der Waals surface area contributed by atoms with Gasteiger partial charge in [0.15, 0.2) is 0 Å². The van der Waals surface area contributed by atoms with E-state index in [2.05, 4.69) is 0 Å². The first-order chi connectivity index (χ1) is 8.66. The molecule has 0 heterocycles. The second-order valence-corrected chi connectivity index (χ2v) is 4.60. The van der Waals surface area contributed by atoms with E-state index in [4.69, 9.17) is 12.2 Å². The maximum atomic E-state index is 12.9. The Hall–Kier alpha value is -1.56. The molecule has 0 bridgehead atoms. The molecular weight excluding hydrogens is 275 g/mol. The first kappa shape index (κ1) is 15.5. The number of benzene rings is 1. The van der Waals surface area contributed by atoms with Gasteiger partial charge in [-0.25, -0.2) is 0 Å². The van der Waals surface area contributed by atoms with E-state index < -0.39 is 17.5 Å². The van der Waals surface area contributed by atoms with Crippen LogP contribution in [0.15, 0.2) is 29.8 Å². The summed E-state index contributed by atoms with van der Waals surface area (Å²) >= 11 is 5.04. The Bertz CT molecular complexity index is 521. The summed E-state index contributed by atoms with van der Waals surface area (Å²) in [5, 5.41) is 10.0. The maximum Gasteiger partial charge on any atom is 0.417 e. The molecule has 19 heavy (non-hydrogen) atoms. The molecule has 0 fully saturated rings. The van der Waals surface area contributed by atoms with Crippen LogP contribution in [-0.2, 0) is 6.18 Å². The minimum atomic E-state index is -4.52. The highest BCUT2D eigenvalue weighted by molar-refractivity contribution is 7.80. The van der Waals surface area contributed by atoms with Gasteiger partial charge >= 0.3 is 6.18 Å². The minimum Gasteiger partial charge on any atom is -0.507 e. The average molecular weight is 289 g/mol. The predicted molar refractivity (Wildman–Crippen MR) is 73.0 cm³/mol. The van der Waals surface area contributed by atoms with Gasteiger partial charge < -0.3 is 10.0 Å². The number of hydrogen-bond acceptors (Lipinski definition) is 2. The highest BCUT2D eigenvalue weighted by atomic mass is 32.1. The number of likely N-dealkylation sites (N-methyl/N-ethyl adjacent to an activating group) is 1. The first-order valence-electron chi connectivity index (χ1n) is 5.44. The molecule has 0 radical (unpaired) electrons. The summed E-state index contributed by atoms with van der Waals surface area (Å²) in [6, 6.07) is 4.86. The molecule has 0 saturated carbocycles. The van der Waals surface area contributed by atoms with Crippen molar-refractivity contribution in [3.8, 4) is 0 Å². The van der Waals surface area contributed by atoms with E-state index in [-0.39, 0.29) is 16.1 Å². The van der Waals surface area contributed by atoms with Gasteiger partial charge in [0.05, 0.1) is 5.56 Å². The fraction of sp³-hybridized carbons (Fsp3) is 0.308. The Balaban J connectivity index is 3.39. The molecule has 1 N–H and O–H groups in total. The standard InChI is InChI=1S/C13H14F3NOS/c1-8(12(19)17(2)3)11(18)9-6-4-5-7-10(9)13(14,15)16/h4-7,18H,1-3H3. The highest BCUT2D eigenvalue weighted by Crippen LogP contribution is 2.35. The number of aliphatic hydroxyl groups excluding tert-OH is 1. The van der Waals surface area contributed by atoms with Crippen LogP contribution in [0.25, 0.3) is 5.76 Å². The van der Waals surface area contributed by atoms with Gasteiger partial charge in [-0.15, -0.1) is 0 Å². The molecule has 0 aliphatic rings. The zero-order valence-electron chi connectivity index (χ0n) is 10.7. The summed E-state index contributed by atoms with van der Waals surface area (Å²) < 4.78 is 38.6. The molecule has 0 aliphatic heterocycles. The van der Waals surface area contributed by atoms with Crippen molar-refractivity contribution in [3.63, 3.8) is 0 Å². The molecule has 104 valence electrons. The van der Waals surface area contributed by atoms with Crippen molar-refractivity contribution in [2.45, 2.75) is 13.1 Å². The van der Waals surface area contributed by atoms with Crippen LogP contribution in [0, 0.1) is 0 Å². The molecule has 1 aromatic rings. The summed E-state index contributed by atoms with van der Waals surface area (Å²) in [6.07, 6.45) is -4.52. The molecule has 1 rings (SSSR count). The van der Waals surface area contributed by atoms with Crippen molar-refractivity contribution >= 4 is 23.0 Å². The Morgan fingerprint density at radius 3 is 2.21 bits per heavy atom. The molecule has 0 aromatic heterocycles. The monoisotopic (exact) mass is 289 g/mol. The van der Waals surface area contributed by atoms with Gasteiger partial charge in [0.1, 0.15) is 10.7 Å². The number of aliphatic hydroxyl groups is 1. The Morgan fingerprint density at radius 1 is 1.21 bits per heavy atom. The number of alkyl halides is 3. The van der Waals surface area contributed by atoms with Crippen LogP contribution < -0.4 is 0 Å². The van der Waals surface area contributed by atoms with Crippen molar-refractivity contribution in [3.05, 3.63) is 41.0 Å². The lowest BCUT2D eigenvalue weighted by molar-refractivity contribution is -0.137. The molecule has 6 heteroatoms. The van der Waals surface area contributed by atoms with Crippen LogP contribution in [0.3, 0.4) is 0 Å². The van der Waals surface area contributed by atoms with Crippen LogP contribution in [-0.4, -0.2) is 29.1 Å². The molecule has 0 spiro atoms. The van der Waals surface area contributed by atoms with E-state index in [9.17, 15) is 18.3 Å². The van der Waals surface area contributed by atoms with Gasteiger partial charge in [-0.2, -0.15) is 13.2 Å². The van der Waals surface area contributed by atoms with Gasteiger partial charge in [0.2, 0.25) is 0 Å². The molecule has 0 amide bonds. The number of nitrogens with zero attached hydrogens (tertiary/aromatic N) is 1. The highest BCUT2D eigenvalue weighted by Gasteiger charge is 2.34. The number of hydrogen-bond donors (Lipinski definition) is 1. The predicted octanol–water partition coefficient (Wildman–Crippen LogP) is 3.88. The van der Waals surface area contributed by atoms with E-state index >= 15 is 0 Å². The van der Waals surface area contributed by atoms with Crippen molar-refractivity contribution in [2.24, 2.45) is 0 Å². The maximum absolute atomic E-state index is 12.9. The molecule has 1 aromatic carbocycles. The number of thiocarbonyl (C=S) groups is 1. The third-order valence-corrected chi connectivity index (χ3v) is 3.24. The van der Waals surface area contributed by atoms with Gasteiger partial charge in [0, 0.05) is 25.2 Å². The second-order valence-electron chi connectivity index (χ2n) is 4.22.